The third kappa shape index (κ3) is 3.25. The normalized spacial score (nSPS) is 11.5. The molecular formula is C10H9F3N4OS. The highest BCUT2D eigenvalue weighted by Gasteiger charge is 2.32. The topological polar surface area (TPSA) is 68.9 Å². The Bertz CT molecular complexity index is 634. The van der Waals surface area contributed by atoms with E-state index >= 15 is 0 Å². The number of alkyl halides is 3. The van der Waals surface area contributed by atoms with Gasteiger partial charge in [0.2, 0.25) is 4.77 Å². The quantitative estimate of drug-likeness (QED) is 0.671. The first kappa shape index (κ1) is 13.4. The SMILES string of the molecule is Nn1c(Cc2ccccc2OC(F)(F)F)n[nH]c1=S. The fourth-order valence-electron chi connectivity index (χ4n) is 1.51. The summed E-state index contributed by atoms with van der Waals surface area (Å²) < 4.78 is 42.0. The molecule has 1 aromatic carbocycles. The Morgan fingerprint density at radius 3 is 2.63 bits per heavy atom. The molecule has 0 saturated heterocycles. The van der Waals surface area contributed by atoms with Gasteiger partial charge in [-0.3, -0.25) is 5.10 Å². The molecule has 0 atom stereocenters. The average molecular weight is 290 g/mol. The van der Waals surface area contributed by atoms with Crippen molar-refractivity contribution in [1.82, 2.24) is 14.9 Å². The second-order valence-corrected chi connectivity index (χ2v) is 4.03. The number of para-hydroxylation sites is 1. The minimum Gasteiger partial charge on any atom is -0.405 e. The van der Waals surface area contributed by atoms with E-state index in [9.17, 15) is 13.2 Å². The summed E-state index contributed by atoms with van der Waals surface area (Å²) in [6, 6.07) is 5.77. The van der Waals surface area contributed by atoms with Gasteiger partial charge in [0, 0.05) is 12.0 Å². The number of nitrogen functional groups attached to an aromatic ring is 1. The summed E-state index contributed by atoms with van der Waals surface area (Å²) in [6.45, 7) is 0. The average Bonchev–Trinajstić information content (AvgIpc) is 2.62. The number of rotatable bonds is 3. The molecule has 0 bridgehead atoms. The smallest absolute Gasteiger partial charge is 0.405 e. The molecule has 0 amide bonds. The van der Waals surface area contributed by atoms with Gasteiger partial charge in [-0.25, -0.2) is 4.68 Å². The summed E-state index contributed by atoms with van der Waals surface area (Å²) in [5.41, 5.74) is 0.306. The van der Waals surface area contributed by atoms with Crippen molar-refractivity contribution in [2.24, 2.45) is 0 Å². The first-order chi connectivity index (χ1) is 8.87. The van der Waals surface area contributed by atoms with Crippen molar-refractivity contribution >= 4 is 12.2 Å². The Labute approximate surface area is 110 Å². The van der Waals surface area contributed by atoms with E-state index in [1.54, 1.807) is 6.07 Å². The van der Waals surface area contributed by atoms with Gasteiger partial charge in [0.25, 0.3) is 0 Å². The second kappa shape index (κ2) is 4.92. The van der Waals surface area contributed by atoms with Crippen LogP contribution in [0, 0.1) is 4.77 Å². The predicted molar refractivity (Wildman–Crippen MR) is 63.5 cm³/mol. The number of nitrogens with one attached hydrogen (secondary N) is 1. The first-order valence-electron chi connectivity index (χ1n) is 5.12. The van der Waals surface area contributed by atoms with E-state index in [0.717, 1.165) is 4.68 Å². The molecule has 2 rings (SSSR count). The lowest BCUT2D eigenvalue weighted by Gasteiger charge is -2.12. The molecule has 0 aliphatic rings. The molecule has 1 heterocycles. The van der Waals surface area contributed by atoms with Gasteiger partial charge in [-0.05, 0) is 18.3 Å². The maximum absolute atomic E-state index is 12.3. The van der Waals surface area contributed by atoms with Crippen molar-refractivity contribution < 1.29 is 17.9 Å². The number of ether oxygens (including phenoxy) is 1. The lowest BCUT2D eigenvalue weighted by molar-refractivity contribution is -0.274. The van der Waals surface area contributed by atoms with Gasteiger partial charge in [-0.2, -0.15) is 5.10 Å². The van der Waals surface area contributed by atoms with Gasteiger partial charge in [-0.15, -0.1) is 13.2 Å². The Morgan fingerprint density at radius 2 is 2.05 bits per heavy atom. The highest BCUT2D eigenvalue weighted by atomic mass is 32.1. The lowest BCUT2D eigenvalue weighted by atomic mass is 10.1. The number of halogens is 3. The van der Waals surface area contributed by atoms with Crippen LogP contribution in [0.3, 0.4) is 0 Å². The van der Waals surface area contributed by atoms with Crippen LogP contribution in [-0.2, 0) is 6.42 Å². The summed E-state index contributed by atoms with van der Waals surface area (Å²) in [5, 5.41) is 6.28. The second-order valence-electron chi connectivity index (χ2n) is 3.65. The molecule has 0 aliphatic carbocycles. The van der Waals surface area contributed by atoms with Crippen LogP contribution in [0.15, 0.2) is 24.3 Å². The molecule has 0 unspecified atom stereocenters. The van der Waals surface area contributed by atoms with Crippen LogP contribution in [0.4, 0.5) is 13.2 Å². The van der Waals surface area contributed by atoms with Crippen LogP contribution in [-0.4, -0.2) is 21.2 Å². The summed E-state index contributed by atoms with van der Waals surface area (Å²) in [4.78, 5) is 0. The first-order valence-corrected chi connectivity index (χ1v) is 5.52. The Hall–Kier alpha value is -2.03. The van der Waals surface area contributed by atoms with Gasteiger partial charge < -0.3 is 10.6 Å². The molecule has 0 saturated carbocycles. The van der Waals surface area contributed by atoms with E-state index in [4.69, 9.17) is 18.1 Å². The van der Waals surface area contributed by atoms with Crippen molar-refractivity contribution in [3.63, 3.8) is 0 Å². The number of hydrogen-bond donors (Lipinski definition) is 2. The Kier molecular flexibility index (Phi) is 3.47. The van der Waals surface area contributed by atoms with Gasteiger partial charge in [0.1, 0.15) is 5.75 Å². The molecule has 2 aromatic rings. The molecular weight excluding hydrogens is 281 g/mol. The van der Waals surface area contributed by atoms with Crippen LogP contribution in [0.1, 0.15) is 11.4 Å². The number of nitrogens with two attached hydrogens (primary N) is 1. The van der Waals surface area contributed by atoms with Gasteiger partial charge in [0.05, 0.1) is 0 Å². The van der Waals surface area contributed by atoms with Crippen molar-refractivity contribution in [3.8, 4) is 5.75 Å². The van der Waals surface area contributed by atoms with Crippen LogP contribution in [0.2, 0.25) is 0 Å². The van der Waals surface area contributed by atoms with E-state index in [0.29, 0.717) is 11.4 Å². The largest absolute Gasteiger partial charge is 0.573 e. The molecule has 0 radical (unpaired) electrons. The molecule has 3 N–H and O–H groups in total. The predicted octanol–water partition coefficient (Wildman–Crippen LogP) is 2.14. The minimum absolute atomic E-state index is 0.0654. The molecule has 5 nitrogen and oxygen atoms in total. The van der Waals surface area contributed by atoms with Crippen LogP contribution < -0.4 is 10.6 Å². The van der Waals surface area contributed by atoms with Crippen LogP contribution in [0.25, 0.3) is 0 Å². The van der Waals surface area contributed by atoms with Gasteiger partial charge in [-0.1, -0.05) is 18.2 Å². The number of benzene rings is 1. The molecule has 19 heavy (non-hydrogen) atoms. The maximum Gasteiger partial charge on any atom is 0.573 e. The van der Waals surface area contributed by atoms with E-state index in [-0.39, 0.29) is 16.9 Å². The molecule has 0 aliphatic heterocycles. The summed E-state index contributed by atoms with van der Waals surface area (Å²) >= 11 is 4.82. The minimum atomic E-state index is -4.75. The number of nitrogens with zero attached hydrogens (tertiary/aromatic N) is 2. The summed E-state index contributed by atoms with van der Waals surface area (Å²) in [6.07, 6.45) is -4.68. The highest BCUT2D eigenvalue weighted by molar-refractivity contribution is 7.71. The molecule has 102 valence electrons. The van der Waals surface area contributed by atoms with Crippen molar-refractivity contribution in [2.75, 3.05) is 5.84 Å². The van der Waals surface area contributed by atoms with Crippen LogP contribution in [0.5, 0.6) is 5.75 Å². The van der Waals surface area contributed by atoms with Crippen LogP contribution >= 0.6 is 12.2 Å². The van der Waals surface area contributed by atoms with E-state index in [2.05, 4.69) is 14.9 Å². The molecule has 1 aromatic heterocycles. The third-order valence-corrected chi connectivity index (χ3v) is 2.61. The van der Waals surface area contributed by atoms with E-state index < -0.39 is 6.36 Å². The van der Waals surface area contributed by atoms with E-state index in [1.165, 1.54) is 18.2 Å². The molecule has 0 fully saturated rings. The van der Waals surface area contributed by atoms with Gasteiger partial charge >= 0.3 is 6.36 Å². The summed E-state index contributed by atoms with van der Waals surface area (Å²) in [7, 11) is 0. The van der Waals surface area contributed by atoms with Crippen molar-refractivity contribution in [2.45, 2.75) is 12.8 Å². The van der Waals surface area contributed by atoms with Gasteiger partial charge in [0.15, 0.2) is 5.82 Å². The Balaban J connectivity index is 2.30. The zero-order valence-electron chi connectivity index (χ0n) is 9.44. The standard InChI is InChI=1S/C10H9F3N4OS/c11-10(12,13)18-7-4-2-1-3-6(7)5-8-15-16-9(19)17(8)14/h1-4H,5,14H2,(H,16,19). The molecule has 9 heteroatoms. The summed E-state index contributed by atoms with van der Waals surface area (Å²) in [5.74, 6) is 5.60. The van der Waals surface area contributed by atoms with E-state index in [1.807, 2.05) is 0 Å². The zero-order chi connectivity index (χ0) is 14.0. The number of H-pyrrole nitrogens is 1. The highest BCUT2D eigenvalue weighted by Crippen LogP contribution is 2.27. The Morgan fingerprint density at radius 1 is 1.37 bits per heavy atom. The fraction of sp³-hybridized carbons (Fsp3) is 0.200. The lowest BCUT2D eigenvalue weighted by Crippen LogP contribution is -2.19. The molecule has 0 spiro atoms. The zero-order valence-corrected chi connectivity index (χ0v) is 10.3. The van der Waals surface area contributed by atoms with Crippen molar-refractivity contribution in [3.05, 3.63) is 40.4 Å². The third-order valence-electron chi connectivity index (χ3n) is 2.32. The maximum atomic E-state index is 12.3. The number of aromatic nitrogens is 3. The number of aromatic amines is 1. The monoisotopic (exact) mass is 290 g/mol. The van der Waals surface area contributed by atoms with Crippen molar-refractivity contribution in [1.29, 1.82) is 0 Å². The fourth-order valence-corrected chi connectivity index (χ4v) is 1.66. The number of hydrogen-bond acceptors (Lipinski definition) is 4.